The molecule has 0 saturated carbocycles. The average molecular weight is 465 g/mol. The van der Waals surface area contributed by atoms with E-state index in [0.29, 0.717) is 32.0 Å². The molecule has 2 aliphatic rings. The number of sulfonamides is 1. The number of carbonyl (C=O) groups is 1. The van der Waals surface area contributed by atoms with Crippen LogP contribution in [0.1, 0.15) is 31.4 Å². The molecule has 2 aliphatic heterocycles. The van der Waals surface area contributed by atoms with Crippen LogP contribution in [-0.2, 0) is 19.6 Å². The van der Waals surface area contributed by atoms with Crippen LogP contribution in [0.25, 0.3) is 0 Å². The molecule has 4 rings (SSSR count). The maximum Gasteiger partial charge on any atom is 0.243 e. The molecule has 0 spiro atoms. The third-order valence-electron chi connectivity index (χ3n) is 6.08. The Morgan fingerprint density at radius 2 is 1.69 bits per heavy atom. The second-order valence-corrected chi connectivity index (χ2v) is 10.3. The van der Waals surface area contributed by atoms with Crippen LogP contribution in [0.2, 0.25) is 0 Å². The number of ether oxygens (including phenoxy) is 1. The highest BCUT2D eigenvalue weighted by Gasteiger charge is 2.37. The summed E-state index contributed by atoms with van der Waals surface area (Å²) in [5, 5.41) is 0. The van der Waals surface area contributed by atoms with Crippen LogP contribution in [0.4, 0.5) is 8.78 Å². The van der Waals surface area contributed by atoms with Crippen molar-refractivity contribution in [2.75, 3.05) is 26.2 Å². The molecule has 2 fully saturated rings. The van der Waals surface area contributed by atoms with E-state index in [1.165, 1.54) is 4.31 Å². The predicted octanol–water partition coefficient (Wildman–Crippen LogP) is 3.35. The van der Waals surface area contributed by atoms with Gasteiger partial charge in [0.15, 0.2) is 11.6 Å². The van der Waals surface area contributed by atoms with Gasteiger partial charge in [-0.05, 0) is 43.5 Å². The molecule has 1 amide bonds. The first-order valence-electron chi connectivity index (χ1n) is 10.7. The summed E-state index contributed by atoms with van der Waals surface area (Å²) in [7, 11) is -3.95. The second kappa shape index (κ2) is 9.25. The molecule has 2 aromatic carbocycles. The molecule has 2 unspecified atom stereocenters. The van der Waals surface area contributed by atoms with Gasteiger partial charge < -0.3 is 9.64 Å². The first kappa shape index (κ1) is 22.8. The fourth-order valence-electron chi connectivity index (χ4n) is 4.37. The number of benzene rings is 2. The molecule has 0 aromatic heterocycles. The molecule has 2 atom stereocenters. The van der Waals surface area contributed by atoms with Gasteiger partial charge in [0, 0.05) is 25.6 Å². The standard InChI is InChI=1S/C23H26F2N2O4S/c1-16-14-26(15-22(31-16)17-5-3-2-4-6-17)23(28)18-9-11-27(12-10-18)32(29,30)19-7-8-20(24)21(25)13-19/h2-8,13,16,18,22H,9-12,14-15H2,1H3. The summed E-state index contributed by atoms with van der Waals surface area (Å²) < 4.78 is 59.6. The van der Waals surface area contributed by atoms with Gasteiger partial charge in [-0.1, -0.05) is 30.3 Å². The Hall–Kier alpha value is -2.36. The minimum atomic E-state index is -3.95. The molecule has 6 nitrogen and oxygen atoms in total. The monoisotopic (exact) mass is 464 g/mol. The first-order chi connectivity index (χ1) is 15.3. The molecule has 0 radical (unpaired) electrons. The van der Waals surface area contributed by atoms with Gasteiger partial charge in [-0.3, -0.25) is 4.79 Å². The van der Waals surface area contributed by atoms with Gasteiger partial charge in [0.2, 0.25) is 15.9 Å². The molecule has 0 aliphatic carbocycles. The largest absolute Gasteiger partial charge is 0.367 e. The summed E-state index contributed by atoms with van der Waals surface area (Å²) >= 11 is 0. The summed E-state index contributed by atoms with van der Waals surface area (Å²) in [6, 6.07) is 12.3. The summed E-state index contributed by atoms with van der Waals surface area (Å²) in [4.78, 5) is 14.7. The number of hydrogen-bond acceptors (Lipinski definition) is 4. The minimum Gasteiger partial charge on any atom is -0.367 e. The van der Waals surface area contributed by atoms with E-state index in [-0.39, 0.29) is 42.0 Å². The van der Waals surface area contributed by atoms with E-state index in [4.69, 9.17) is 4.74 Å². The molecular weight excluding hydrogens is 438 g/mol. The lowest BCUT2D eigenvalue weighted by Gasteiger charge is -2.40. The number of rotatable bonds is 4. The highest BCUT2D eigenvalue weighted by molar-refractivity contribution is 7.89. The van der Waals surface area contributed by atoms with Crippen molar-refractivity contribution in [3.8, 4) is 0 Å². The smallest absolute Gasteiger partial charge is 0.243 e. The van der Waals surface area contributed by atoms with Crippen molar-refractivity contribution >= 4 is 15.9 Å². The Labute approximate surface area is 186 Å². The average Bonchev–Trinajstić information content (AvgIpc) is 2.80. The van der Waals surface area contributed by atoms with E-state index >= 15 is 0 Å². The molecule has 0 bridgehead atoms. The number of hydrogen-bond donors (Lipinski definition) is 0. The highest BCUT2D eigenvalue weighted by atomic mass is 32.2. The van der Waals surface area contributed by atoms with Crippen LogP contribution in [0.5, 0.6) is 0 Å². The fourth-order valence-corrected chi connectivity index (χ4v) is 5.85. The van der Waals surface area contributed by atoms with Crippen molar-refractivity contribution in [1.29, 1.82) is 0 Å². The highest BCUT2D eigenvalue weighted by Crippen LogP contribution is 2.30. The summed E-state index contributed by atoms with van der Waals surface area (Å²) in [5.41, 5.74) is 1.02. The van der Waals surface area contributed by atoms with Gasteiger partial charge in [-0.2, -0.15) is 4.31 Å². The number of halogens is 2. The quantitative estimate of drug-likeness (QED) is 0.696. The van der Waals surface area contributed by atoms with E-state index in [9.17, 15) is 22.0 Å². The van der Waals surface area contributed by atoms with Crippen LogP contribution in [0.3, 0.4) is 0 Å². The Morgan fingerprint density at radius 1 is 1.00 bits per heavy atom. The van der Waals surface area contributed by atoms with E-state index in [0.717, 1.165) is 17.7 Å². The van der Waals surface area contributed by atoms with E-state index in [2.05, 4.69) is 0 Å². The van der Waals surface area contributed by atoms with Crippen LogP contribution < -0.4 is 0 Å². The Bertz CT molecular complexity index is 1070. The first-order valence-corrected chi connectivity index (χ1v) is 12.1. The normalized spacial score (nSPS) is 23.3. The van der Waals surface area contributed by atoms with Crippen molar-refractivity contribution in [2.45, 2.75) is 36.9 Å². The molecule has 9 heteroatoms. The van der Waals surface area contributed by atoms with Crippen LogP contribution in [0, 0.1) is 17.6 Å². The Kier molecular flexibility index (Phi) is 6.60. The third-order valence-corrected chi connectivity index (χ3v) is 7.97. The SMILES string of the molecule is CC1CN(C(=O)C2CCN(S(=O)(=O)c3ccc(F)c(F)c3)CC2)CC(c2ccccc2)O1. The lowest BCUT2D eigenvalue weighted by atomic mass is 9.95. The van der Waals surface area contributed by atoms with Crippen molar-refractivity contribution < 1.29 is 26.7 Å². The zero-order valence-electron chi connectivity index (χ0n) is 17.8. The number of carbonyl (C=O) groups excluding carboxylic acids is 1. The lowest BCUT2D eigenvalue weighted by molar-refractivity contribution is -0.150. The van der Waals surface area contributed by atoms with Crippen molar-refractivity contribution in [1.82, 2.24) is 9.21 Å². The maximum atomic E-state index is 13.5. The molecule has 2 heterocycles. The number of amides is 1. The zero-order valence-corrected chi connectivity index (χ0v) is 18.6. The van der Waals surface area contributed by atoms with Gasteiger partial charge in [0.05, 0.1) is 17.5 Å². The van der Waals surface area contributed by atoms with E-state index in [1.807, 2.05) is 42.2 Å². The van der Waals surface area contributed by atoms with Gasteiger partial charge in [-0.15, -0.1) is 0 Å². The Balaban J connectivity index is 1.40. The molecular formula is C23H26F2N2O4S. The van der Waals surface area contributed by atoms with Crippen molar-refractivity contribution in [2.24, 2.45) is 5.92 Å². The van der Waals surface area contributed by atoms with E-state index in [1.54, 1.807) is 0 Å². The van der Waals surface area contributed by atoms with E-state index < -0.39 is 21.7 Å². The summed E-state index contributed by atoms with van der Waals surface area (Å²) in [5.74, 6) is -2.58. The fraction of sp³-hybridized carbons (Fsp3) is 0.435. The van der Waals surface area contributed by atoms with Crippen LogP contribution in [0.15, 0.2) is 53.4 Å². The third kappa shape index (κ3) is 4.69. The number of morpholine rings is 1. The second-order valence-electron chi connectivity index (χ2n) is 8.34. The minimum absolute atomic E-state index is 0.00551. The van der Waals surface area contributed by atoms with Gasteiger partial charge >= 0.3 is 0 Å². The van der Waals surface area contributed by atoms with Crippen molar-refractivity contribution in [3.63, 3.8) is 0 Å². The molecule has 172 valence electrons. The molecule has 0 N–H and O–H groups in total. The molecule has 32 heavy (non-hydrogen) atoms. The van der Waals surface area contributed by atoms with Gasteiger partial charge in [-0.25, -0.2) is 17.2 Å². The predicted molar refractivity (Wildman–Crippen MR) is 114 cm³/mol. The topological polar surface area (TPSA) is 66.9 Å². The number of nitrogens with zero attached hydrogens (tertiary/aromatic N) is 2. The lowest BCUT2D eigenvalue weighted by Crippen LogP contribution is -2.50. The van der Waals surface area contributed by atoms with Gasteiger partial charge in [0.25, 0.3) is 0 Å². The van der Waals surface area contributed by atoms with Crippen LogP contribution >= 0.6 is 0 Å². The van der Waals surface area contributed by atoms with Gasteiger partial charge in [0.1, 0.15) is 6.10 Å². The molecule has 2 aromatic rings. The van der Waals surface area contributed by atoms with Crippen molar-refractivity contribution in [3.05, 3.63) is 65.7 Å². The molecule has 2 saturated heterocycles. The summed E-state index contributed by atoms with van der Waals surface area (Å²) in [6.45, 7) is 3.20. The maximum absolute atomic E-state index is 13.5. The summed E-state index contributed by atoms with van der Waals surface area (Å²) in [6.07, 6.45) is 0.456. The number of piperidine rings is 1. The zero-order chi connectivity index (χ0) is 22.9. The van der Waals surface area contributed by atoms with Crippen LogP contribution in [-0.4, -0.2) is 55.8 Å². The Morgan fingerprint density at radius 3 is 2.34 bits per heavy atom.